The Morgan fingerprint density at radius 1 is 0.750 bits per heavy atom. The van der Waals surface area contributed by atoms with E-state index in [2.05, 4.69) is 5.32 Å². The maximum absolute atomic E-state index is 14.0. The number of benzene rings is 5. The smallest absolute Gasteiger partial charge is 0.264 e. The Kier molecular flexibility index (Phi) is 6.58. The van der Waals surface area contributed by atoms with Crippen LogP contribution >= 0.6 is 0 Å². The third-order valence-electron chi connectivity index (χ3n) is 6.83. The van der Waals surface area contributed by atoms with E-state index in [9.17, 15) is 13.2 Å². The predicted molar refractivity (Wildman–Crippen MR) is 159 cm³/mol. The summed E-state index contributed by atoms with van der Waals surface area (Å²) in [6.45, 7) is 1.97. The number of aryl methyl sites for hydroxylation is 1. The van der Waals surface area contributed by atoms with E-state index in [4.69, 9.17) is 4.42 Å². The molecule has 0 unspecified atom stereocenters. The summed E-state index contributed by atoms with van der Waals surface area (Å²) in [7, 11) is -4.00. The van der Waals surface area contributed by atoms with Crippen LogP contribution < -0.4 is 9.62 Å². The van der Waals surface area contributed by atoms with E-state index in [1.54, 1.807) is 54.6 Å². The molecule has 1 N–H and O–H groups in total. The first kappa shape index (κ1) is 25.4. The number of hydrogen-bond acceptors (Lipinski definition) is 4. The molecular weight excluding hydrogens is 520 g/mol. The van der Waals surface area contributed by atoms with Crippen LogP contribution in [0.25, 0.3) is 21.9 Å². The number of furan rings is 1. The second kappa shape index (κ2) is 10.4. The minimum absolute atomic E-state index is 0.0618. The summed E-state index contributed by atoms with van der Waals surface area (Å²) in [6, 6.07) is 36.0. The summed E-state index contributed by atoms with van der Waals surface area (Å²) >= 11 is 0. The fourth-order valence-electron chi connectivity index (χ4n) is 4.77. The number of rotatable bonds is 7. The molecule has 0 aliphatic rings. The van der Waals surface area contributed by atoms with Crippen molar-refractivity contribution in [2.75, 3.05) is 9.62 Å². The highest BCUT2D eigenvalue weighted by atomic mass is 32.2. The fourth-order valence-corrected chi connectivity index (χ4v) is 6.24. The number of amides is 1. The molecule has 0 radical (unpaired) electrons. The Bertz CT molecular complexity index is 1950. The highest BCUT2D eigenvalue weighted by molar-refractivity contribution is 7.92. The standard InChI is InChI=1S/C33H26N2O4S/c1-23-15-18-26(19-16-23)40(37,38)35(22-24-9-3-2-4-10-24)30-13-7-5-12-29(30)33(36)34-25-17-20-28-27-11-6-8-14-31(27)39-32(28)21-25/h2-21H,22H2,1H3,(H,34,36). The average molecular weight is 547 g/mol. The van der Waals surface area contributed by atoms with Crippen molar-refractivity contribution >= 4 is 49.2 Å². The number of fused-ring (bicyclic) bond motifs is 3. The Labute approximate surface area is 232 Å². The fraction of sp³-hybridized carbons (Fsp3) is 0.0606. The van der Waals surface area contributed by atoms with Crippen LogP contribution in [-0.2, 0) is 16.6 Å². The molecule has 1 amide bonds. The van der Waals surface area contributed by atoms with Crippen LogP contribution in [0.3, 0.4) is 0 Å². The van der Waals surface area contributed by atoms with Gasteiger partial charge in [-0.3, -0.25) is 9.10 Å². The molecule has 0 bridgehead atoms. The van der Waals surface area contributed by atoms with Crippen LogP contribution in [0.5, 0.6) is 0 Å². The molecule has 0 saturated heterocycles. The molecule has 6 rings (SSSR count). The minimum atomic E-state index is -4.00. The SMILES string of the molecule is Cc1ccc(S(=O)(=O)N(Cc2ccccc2)c2ccccc2C(=O)Nc2ccc3c(c2)oc2ccccc23)cc1. The maximum atomic E-state index is 14.0. The number of carbonyl (C=O) groups is 1. The quantitative estimate of drug-likeness (QED) is 0.224. The lowest BCUT2D eigenvalue weighted by molar-refractivity contribution is 0.102. The summed E-state index contributed by atoms with van der Waals surface area (Å²) in [6.07, 6.45) is 0. The van der Waals surface area contributed by atoms with E-state index in [1.807, 2.05) is 73.7 Å². The summed E-state index contributed by atoms with van der Waals surface area (Å²) < 4.78 is 35.3. The first-order valence-electron chi connectivity index (χ1n) is 12.9. The van der Waals surface area contributed by atoms with Crippen LogP contribution in [0.15, 0.2) is 131 Å². The van der Waals surface area contributed by atoms with E-state index in [0.29, 0.717) is 11.3 Å². The summed E-state index contributed by atoms with van der Waals surface area (Å²) in [5, 5.41) is 4.88. The number of sulfonamides is 1. The lowest BCUT2D eigenvalue weighted by Gasteiger charge is -2.26. The number of anilines is 2. The molecule has 0 atom stereocenters. The van der Waals surface area contributed by atoms with Gasteiger partial charge in [0.1, 0.15) is 11.2 Å². The predicted octanol–water partition coefficient (Wildman–Crippen LogP) is 7.54. The van der Waals surface area contributed by atoms with Gasteiger partial charge >= 0.3 is 0 Å². The monoisotopic (exact) mass is 546 g/mol. The molecular formula is C33H26N2O4S. The molecule has 198 valence electrons. The maximum Gasteiger partial charge on any atom is 0.264 e. The van der Waals surface area contributed by atoms with Crippen molar-refractivity contribution in [1.82, 2.24) is 0 Å². The van der Waals surface area contributed by atoms with Crippen LogP contribution in [0.1, 0.15) is 21.5 Å². The lowest BCUT2D eigenvalue weighted by Crippen LogP contribution is -2.32. The largest absolute Gasteiger partial charge is 0.456 e. The highest BCUT2D eigenvalue weighted by Gasteiger charge is 2.28. The van der Waals surface area contributed by atoms with Gasteiger partial charge < -0.3 is 9.73 Å². The van der Waals surface area contributed by atoms with Crippen LogP contribution in [-0.4, -0.2) is 14.3 Å². The van der Waals surface area contributed by atoms with Gasteiger partial charge in [-0.15, -0.1) is 0 Å². The zero-order chi connectivity index (χ0) is 27.7. The van der Waals surface area contributed by atoms with Gasteiger partial charge in [0, 0.05) is 22.5 Å². The number of nitrogens with one attached hydrogen (secondary N) is 1. The molecule has 1 aromatic heterocycles. The molecule has 0 fully saturated rings. The van der Waals surface area contributed by atoms with Gasteiger partial charge in [0.25, 0.3) is 15.9 Å². The first-order chi connectivity index (χ1) is 19.4. The summed E-state index contributed by atoms with van der Waals surface area (Å²) in [5.41, 5.74) is 4.23. The third kappa shape index (κ3) is 4.83. The van der Waals surface area contributed by atoms with Crippen molar-refractivity contribution in [3.05, 3.63) is 138 Å². The van der Waals surface area contributed by atoms with Crippen molar-refractivity contribution in [3.63, 3.8) is 0 Å². The Morgan fingerprint density at radius 2 is 1.43 bits per heavy atom. The summed E-state index contributed by atoms with van der Waals surface area (Å²) in [4.78, 5) is 13.8. The second-order valence-electron chi connectivity index (χ2n) is 9.59. The number of carbonyl (C=O) groups excluding carboxylic acids is 1. The van der Waals surface area contributed by atoms with Gasteiger partial charge in [-0.25, -0.2) is 8.42 Å². The van der Waals surface area contributed by atoms with E-state index < -0.39 is 15.9 Å². The lowest BCUT2D eigenvalue weighted by atomic mass is 10.1. The van der Waals surface area contributed by atoms with Crippen molar-refractivity contribution in [1.29, 1.82) is 0 Å². The van der Waals surface area contributed by atoms with E-state index >= 15 is 0 Å². The minimum Gasteiger partial charge on any atom is -0.456 e. The molecule has 6 nitrogen and oxygen atoms in total. The second-order valence-corrected chi connectivity index (χ2v) is 11.5. The van der Waals surface area contributed by atoms with Gasteiger partial charge in [-0.05, 0) is 55.0 Å². The third-order valence-corrected chi connectivity index (χ3v) is 8.61. The van der Waals surface area contributed by atoms with Crippen LogP contribution in [0.2, 0.25) is 0 Å². The molecule has 7 heteroatoms. The highest BCUT2D eigenvalue weighted by Crippen LogP contribution is 2.32. The van der Waals surface area contributed by atoms with Gasteiger partial charge in [-0.2, -0.15) is 0 Å². The molecule has 6 aromatic rings. The zero-order valence-electron chi connectivity index (χ0n) is 21.7. The van der Waals surface area contributed by atoms with Gasteiger partial charge in [0.15, 0.2) is 0 Å². The average Bonchev–Trinajstić information content (AvgIpc) is 3.34. The Morgan fingerprint density at radius 3 is 2.23 bits per heavy atom. The van der Waals surface area contributed by atoms with Crippen molar-refractivity contribution in [2.45, 2.75) is 18.4 Å². The van der Waals surface area contributed by atoms with Gasteiger partial charge in [0.2, 0.25) is 0 Å². The first-order valence-corrected chi connectivity index (χ1v) is 14.3. The van der Waals surface area contributed by atoms with Crippen molar-refractivity contribution in [3.8, 4) is 0 Å². The van der Waals surface area contributed by atoms with Crippen LogP contribution in [0.4, 0.5) is 11.4 Å². The number of hydrogen-bond donors (Lipinski definition) is 1. The normalized spacial score (nSPS) is 11.5. The zero-order valence-corrected chi connectivity index (χ0v) is 22.6. The molecule has 0 saturated carbocycles. The van der Waals surface area contributed by atoms with E-state index in [0.717, 1.165) is 27.5 Å². The molecule has 0 aliphatic heterocycles. The number of para-hydroxylation sites is 2. The van der Waals surface area contributed by atoms with Crippen molar-refractivity contribution < 1.29 is 17.6 Å². The van der Waals surface area contributed by atoms with Crippen LogP contribution in [0, 0.1) is 6.92 Å². The van der Waals surface area contributed by atoms with Gasteiger partial charge in [0.05, 0.1) is 22.7 Å². The molecule has 0 aliphatic carbocycles. The Balaban J connectivity index is 1.39. The Hall–Kier alpha value is -4.88. The molecule has 40 heavy (non-hydrogen) atoms. The topological polar surface area (TPSA) is 79.6 Å². The molecule has 0 spiro atoms. The number of nitrogens with zero attached hydrogens (tertiary/aromatic N) is 1. The molecule has 5 aromatic carbocycles. The van der Waals surface area contributed by atoms with E-state index in [-0.39, 0.29) is 22.7 Å². The van der Waals surface area contributed by atoms with Gasteiger partial charge in [-0.1, -0.05) is 78.4 Å². The van der Waals surface area contributed by atoms with Crippen molar-refractivity contribution in [2.24, 2.45) is 0 Å². The molecule has 1 heterocycles. The summed E-state index contributed by atoms with van der Waals surface area (Å²) in [5.74, 6) is -0.428. The van der Waals surface area contributed by atoms with E-state index in [1.165, 1.54) is 4.31 Å².